The summed E-state index contributed by atoms with van der Waals surface area (Å²) in [5, 5.41) is 8.23. The zero-order chi connectivity index (χ0) is 19.6. The zero-order valence-electron chi connectivity index (χ0n) is 15.2. The molecule has 6 nitrogen and oxygen atoms in total. The van der Waals surface area contributed by atoms with E-state index in [1.807, 2.05) is 72.8 Å². The van der Waals surface area contributed by atoms with Crippen LogP contribution in [-0.2, 0) is 11.2 Å². The van der Waals surface area contributed by atoms with Crippen molar-refractivity contribution in [2.24, 2.45) is 0 Å². The number of fused-ring (bicyclic) bond motifs is 2. The highest BCUT2D eigenvalue weighted by atomic mass is 32.1. The lowest BCUT2D eigenvalue weighted by molar-refractivity contribution is -0.115. The van der Waals surface area contributed by atoms with Crippen LogP contribution in [0, 0.1) is 0 Å². The van der Waals surface area contributed by atoms with Gasteiger partial charge < -0.3 is 14.6 Å². The zero-order valence-corrected chi connectivity index (χ0v) is 16.0. The minimum atomic E-state index is -0.191. The van der Waals surface area contributed by atoms with Crippen molar-refractivity contribution in [2.75, 3.05) is 5.32 Å². The van der Waals surface area contributed by atoms with Gasteiger partial charge in [-0.1, -0.05) is 46.8 Å². The molecule has 0 aliphatic rings. The molecule has 1 N–H and O–H groups in total. The van der Waals surface area contributed by atoms with Gasteiger partial charge in [0.05, 0.1) is 16.6 Å². The molecule has 5 rings (SSSR count). The van der Waals surface area contributed by atoms with E-state index >= 15 is 0 Å². The summed E-state index contributed by atoms with van der Waals surface area (Å²) in [4.78, 5) is 16.9. The summed E-state index contributed by atoms with van der Waals surface area (Å²) in [7, 11) is 0. The average Bonchev–Trinajstić information content (AvgIpc) is 3.32. The summed E-state index contributed by atoms with van der Waals surface area (Å²) in [6.45, 7) is 0. The van der Waals surface area contributed by atoms with E-state index in [0.717, 1.165) is 27.1 Å². The van der Waals surface area contributed by atoms with E-state index in [4.69, 9.17) is 9.26 Å². The van der Waals surface area contributed by atoms with E-state index in [-0.39, 0.29) is 12.3 Å². The summed E-state index contributed by atoms with van der Waals surface area (Å²) >= 11 is 1.40. The first-order valence-corrected chi connectivity index (χ1v) is 9.83. The number of thiazole rings is 1. The number of nitrogens with one attached hydrogen (secondary N) is 1. The SMILES string of the molecule is O=C(Cc1noc2ccccc12)Nc1nc2ccc(Oc3ccccc3)cc2s1. The second-order valence-corrected chi connectivity index (χ2v) is 7.44. The first kappa shape index (κ1) is 17.4. The van der Waals surface area contributed by atoms with Crippen LogP contribution in [0.5, 0.6) is 11.5 Å². The molecule has 0 saturated carbocycles. The van der Waals surface area contributed by atoms with Crippen molar-refractivity contribution in [3.8, 4) is 11.5 Å². The smallest absolute Gasteiger partial charge is 0.232 e. The molecule has 29 heavy (non-hydrogen) atoms. The van der Waals surface area contributed by atoms with Crippen LogP contribution in [-0.4, -0.2) is 16.0 Å². The number of carbonyl (C=O) groups is 1. The third-order valence-corrected chi connectivity index (χ3v) is 5.30. The summed E-state index contributed by atoms with van der Waals surface area (Å²) in [6.07, 6.45) is 0.120. The minimum absolute atomic E-state index is 0.120. The highest BCUT2D eigenvalue weighted by Gasteiger charge is 2.14. The van der Waals surface area contributed by atoms with E-state index in [9.17, 15) is 4.79 Å². The van der Waals surface area contributed by atoms with Crippen LogP contribution in [0.1, 0.15) is 5.69 Å². The third kappa shape index (κ3) is 3.68. The predicted octanol–water partition coefficient (Wildman–Crippen LogP) is 5.41. The van der Waals surface area contributed by atoms with Crippen molar-refractivity contribution >= 4 is 43.6 Å². The van der Waals surface area contributed by atoms with E-state index in [1.54, 1.807) is 0 Å². The van der Waals surface area contributed by atoms with Gasteiger partial charge in [0, 0.05) is 11.5 Å². The van der Waals surface area contributed by atoms with Gasteiger partial charge in [-0.25, -0.2) is 4.98 Å². The molecule has 0 aliphatic carbocycles. The molecule has 0 unspecified atom stereocenters. The lowest BCUT2D eigenvalue weighted by Gasteiger charge is -2.04. The minimum Gasteiger partial charge on any atom is -0.457 e. The number of amides is 1. The van der Waals surface area contributed by atoms with Crippen molar-refractivity contribution in [1.82, 2.24) is 10.1 Å². The maximum absolute atomic E-state index is 12.5. The molecule has 2 heterocycles. The number of aromatic nitrogens is 2. The molecule has 5 aromatic rings. The van der Waals surface area contributed by atoms with Crippen molar-refractivity contribution in [2.45, 2.75) is 6.42 Å². The fraction of sp³-hybridized carbons (Fsp3) is 0.0455. The maximum atomic E-state index is 12.5. The van der Waals surface area contributed by atoms with Crippen LogP contribution < -0.4 is 10.1 Å². The molecule has 0 saturated heterocycles. The predicted molar refractivity (Wildman–Crippen MR) is 112 cm³/mol. The number of nitrogens with zero attached hydrogens (tertiary/aromatic N) is 2. The Morgan fingerprint density at radius 1 is 1.00 bits per heavy atom. The van der Waals surface area contributed by atoms with Crippen molar-refractivity contribution in [3.63, 3.8) is 0 Å². The Labute approximate surface area is 169 Å². The van der Waals surface area contributed by atoms with E-state index in [0.29, 0.717) is 16.4 Å². The van der Waals surface area contributed by atoms with Crippen LogP contribution in [0.25, 0.3) is 21.2 Å². The molecule has 0 atom stereocenters. The van der Waals surface area contributed by atoms with Crippen molar-refractivity contribution < 1.29 is 14.1 Å². The molecular weight excluding hydrogens is 386 g/mol. The van der Waals surface area contributed by atoms with Crippen LogP contribution in [0.2, 0.25) is 0 Å². The molecule has 0 fully saturated rings. The van der Waals surface area contributed by atoms with Gasteiger partial charge in [-0.05, 0) is 36.4 Å². The first-order valence-electron chi connectivity index (χ1n) is 9.01. The Kier molecular flexibility index (Phi) is 4.42. The van der Waals surface area contributed by atoms with Gasteiger partial charge in [0.1, 0.15) is 17.2 Å². The normalized spacial score (nSPS) is 11.0. The number of hydrogen-bond donors (Lipinski definition) is 1. The van der Waals surface area contributed by atoms with Gasteiger partial charge in [-0.15, -0.1) is 0 Å². The fourth-order valence-corrected chi connectivity index (χ4v) is 3.94. The van der Waals surface area contributed by atoms with E-state index < -0.39 is 0 Å². The van der Waals surface area contributed by atoms with Gasteiger partial charge in [-0.3, -0.25) is 4.79 Å². The first-order chi connectivity index (χ1) is 14.2. The van der Waals surface area contributed by atoms with Crippen LogP contribution >= 0.6 is 11.3 Å². The largest absolute Gasteiger partial charge is 0.457 e. The second-order valence-electron chi connectivity index (χ2n) is 6.41. The van der Waals surface area contributed by atoms with Crippen LogP contribution in [0.4, 0.5) is 5.13 Å². The van der Waals surface area contributed by atoms with Gasteiger partial charge in [0.2, 0.25) is 5.91 Å². The second kappa shape index (κ2) is 7.37. The summed E-state index contributed by atoms with van der Waals surface area (Å²) in [6, 6.07) is 22.7. The molecule has 0 aliphatic heterocycles. The van der Waals surface area contributed by atoms with Crippen molar-refractivity contribution in [1.29, 1.82) is 0 Å². The van der Waals surface area contributed by atoms with Gasteiger partial charge in [0.25, 0.3) is 0 Å². The lowest BCUT2D eigenvalue weighted by atomic mass is 10.2. The van der Waals surface area contributed by atoms with Crippen molar-refractivity contribution in [3.05, 3.63) is 78.5 Å². The molecule has 7 heteroatoms. The molecule has 0 radical (unpaired) electrons. The Morgan fingerprint density at radius 2 is 1.83 bits per heavy atom. The highest BCUT2D eigenvalue weighted by Crippen LogP contribution is 2.31. The topological polar surface area (TPSA) is 77.3 Å². The maximum Gasteiger partial charge on any atom is 0.232 e. The lowest BCUT2D eigenvalue weighted by Crippen LogP contribution is -2.14. The standard InChI is InChI=1S/C22H15N3O3S/c26-21(13-18-16-8-4-5-9-19(16)28-25-18)24-22-23-17-11-10-15(12-20(17)29-22)27-14-6-2-1-3-7-14/h1-12H,13H2,(H,23,24,26). The number of carbonyl (C=O) groups excluding carboxylic acids is 1. The monoisotopic (exact) mass is 401 g/mol. The van der Waals surface area contributed by atoms with E-state index in [1.165, 1.54) is 11.3 Å². The Hall–Kier alpha value is -3.71. The van der Waals surface area contributed by atoms with Gasteiger partial charge in [-0.2, -0.15) is 0 Å². The highest BCUT2D eigenvalue weighted by molar-refractivity contribution is 7.22. The molecular formula is C22H15N3O3S. The molecule has 1 amide bonds. The number of anilines is 1. The number of benzene rings is 3. The number of ether oxygens (including phenoxy) is 1. The number of rotatable bonds is 5. The summed E-state index contributed by atoms with van der Waals surface area (Å²) < 4.78 is 12.0. The quantitative estimate of drug-likeness (QED) is 0.426. The Morgan fingerprint density at radius 3 is 2.72 bits per heavy atom. The molecule has 142 valence electrons. The molecule has 0 bridgehead atoms. The van der Waals surface area contributed by atoms with Crippen LogP contribution in [0.15, 0.2) is 77.3 Å². The van der Waals surface area contributed by atoms with E-state index in [2.05, 4.69) is 15.5 Å². The fourth-order valence-electron chi connectivity index (χ4n) is 3.03. The molecule has 0 spiro atoms. The molecule has 2 aromatic heterocycles. The molecule has 3 aromatic carbocycles. The van der Waals surface area contributed by atoms with Crippen LogP contribution in [0.3, 0.4) is 0 Å². The summed E-state index contributed by atoms with van der Waals surface area (Å²) in [5.41, 5.74) is 2.08. The Balaban J connectivity index is 1.32. The van der Waals surface area contributed by atoms with Gasteiger partial charge >= 0.3 is 0 Å². The average molecular weight is 401 g/mol. The Bertz CT molecular complexity index is 1310. The summed E-state index contributed by atoms with van der Waals surface area (Å²) in [5.74, 6) is 1.30. The number of para-hydroxylation sites is 2. The third-order valence-electron chi connectivity index (χ3n) is 4.37. The van der Waals surface area contributed by atoms with Gasteiger partial charge in [0.15, 0.2) is 10.7 Å². The number of hydrogen-bond acceptors (Lipinski definition) is 6.